The van der Waals surface area contributed by atoms with Gasteiger partial charge in [0.05, 0.1) is 11.6 Å². The first-order chi connectivity index (χ1) is 8.37. The fourth-order valence-corrected chi connectivity index (χ4v) is 2.94. The number of amides is 1. The molecule has 18 heavy (non-hydrogen) atoms. The lowest BCUT2D eigenvalue weighted by molar-refractivity contribution is -0.132. The summed E-state index contributed by atoms with van der Waals surface area (Å²) in [4.78, 5) is 14.0. The van der Waals surface area contributed by atoms with Gasteiger partial charge in [-0.25, -0.2) is 0 Å². The van der Waals surface area contributed by atoms with Crippen molar-refractivity contribution in [1.29, 1.82) is 0 Å². The second kappa shape index (κ2) is 5.17. The van der Waals surface area contributed by atoms with Crippen LogP contribution in [0.4, 0.5) is 0 Å². The highest BCUT2D eigenvalue weighted by Crippen LogP contribution is 2.24. The standard InChI is InChI=1S/C14H26N2O2/c1-10(2)8-14(3,18)9-16-7-6-12(13(16)17)15-11-4-5-11/h10-12,15,18H,4-9H2,1-3H3. The molecule has 1 aliphatic carbocycles. The number of carbonyl (C=O) groups is 1. The summed E-state index contributed by atoms with van der Waals surface area (Å²) in [5.74, 6) is 0.615. The number of hydrogen-bond acceptors (Lipinski definition) is 3. The highest BCUT2D eigenvalue weighted by Gasteiger charge is 2.38. The fraction of sp³-hybridized carbons (Fsp3) is 0.929. The van der Waals surface area contributed by atoms with Crippen LogP contribution in [0.1, 0.15) is 46.5 Å². The largest absolute Gasteiger partial charge is 0.388 e. The lowest BCUT2D eigenvalue weighted by atomic mass is 9.94. The number of carbonyl (C=O) groups excluding carboxylic acids is 1. The number of rotatable bonds is 6. The van der Waals surface area contributed by atoms with E-state index >= 15 is 0 Å². The predicted octanol–water partition coefficient (Wildman–Crippen LogP) is 1.14. The Balaban J connectivity index is 1.84. The first-order valence-electron chi connectivity index (χ1n) is 7.14. The number of nitrogens with zero attached hydrogens (tertiary/aromatic N) is 1. The molecule has 1 aliphatic heterocycles. The average molecular weight is 254 g/mol. The van der Waals surface area contributed by atoms with E-state index in [0.29, 0.717) is 18.5 Å². The van der Waals surface area contributed by atoms with Gasteiger partial charge in [0.25, 0.3) is 0 Å². The molecule has 2 unspecified atom stereocenters. The maximum absolute atomic E-state index is 12.2. The second-order valence-corrected chi connectivity index (χ2v) is 6.64. The van der Waals surface area contributed by atoms with Gasteiger partial charge in [0.2, 0.25) is 5.91 Å². The Hall–Kier alpha value is -0.610. The van der Waals surface area contributed by atoms with Gasteiger partial charge in [0.1, 0.15) is 0 Å². The summed E-state index contributed by atoms with van der Waals surface area (Å²) < 4.78 is 0. The number of nitrogens with one attached hydrogen (secondary N) is 1. The molecule has 104 valence electrons. The smallest absolute Gasteiger partial charge is 0.239 e. The SMILES string of the molecule is CC(C)CC(C)(O)CN1CCC(NC2CC2)C1=O. The zero-order chi connectivity index (χ0) is 13.3. The molecule has 0 radical (unpaired) electrons. The maximum atomic E-state index is 12.2. The third-order valence-corrected chi connectivity index (χ3v) is 3.69. The van der Waals surface area contributed by atoms with E-state index in [1.165, 1.54) is 12.8 Å². The lowest BCUT2D eigenvalue weighted by Gasteiger charge is -2.30. The van der Waals surface area contributed by atoms with Crippen LogP contribution < -0.4 is 5.32 Å². The van der Waals surface area contributed by atoms with Gasteiger partial charge in [-0.15, -0.1) is 0 Å². The molecule has 4 nitrogen and oxygen atoms in total. The third-order valence-electron chi connectivity index (χ3n) is 3.69. The molecule has 0 aromatic rings. The Bertz CT molecular complexity index is 311. The summed E-state index contributed by atoms with van der Waals surface area (Å²) in [6, 6.07) is 0.558. The molecule has 0 bridgehead atoms. The molecule has 0 aromatic carbocycles. The van der Waals surface area contributed by atoms with Crippen molar-refractivity contribution in [3.8, 4) is 0 Å². The molecule has 2 N–H and O–H groups in total. The van der Waals surface area contributed by atoms with Crippen LogP contribution in [0.5, 0.6) is 0 Å². The fourth-order valence-electron chi connectivity index (χ4n) is 2.94. The van der Waals surface area contributed by atoms with Gasteiger partial charge >= 0.3 is 0 Å². The van der Waals surface area contributed by atoms with E-state index in [9.17, 15) is 9.90 Å². The molecular formula is C14H26N2O2. The highest BCUT2D eigenvalue weighted by molar-refractivity contribution is 5.84. The van der Waals surface area contributed by atoms with Gasteiger partial charge in [0, 0.05) is 19.1 Å². The second-order valence-electron chi connectivity index (χ2n) is 6.64. The van der Waals surface area contributed by atoms with E-state index < -0.39 is 5.60 Å². The van der Waals surface area contributed by atoms with Crippen LogP contribution >= 0.6 is 0 Å². The van der Waals surface area contributed by atoms with Crippen molar-refractivity contribution in [1.82, 2.24) is 10.2 Å². The Morgan fingerprint density at radius 3 is 2.67 bits per heavy atom. The van der Waals surface area contributed by atoms with Gasteiger partial charge in [0.15, 0.2) is 0 Å². The molecule has 1 amide bonds. The van der Waals surface area contributed by atoms with Gasteiger partial charge < -0.3 is 15.3 Å². The van der Waals surface area contributed by atoms with Gasteiger partial charge in [-0.2, -0.15) is 0 Å². The van der Waals surface area contributed by atoms with E-state index in [2.05, 4.69) is 19.2 Å². The van der Waals surface area contributed by atoms with Crippen molar-refractivity contribution < 1.29 is 9.90 Å². The molecule has 4 heteroatoms. The van der Waals surface area contributed by atoms with Crippen molar-refractivity contribution in [3.05, 3.63) is 0 Å². The maximum Gasteiger partial charge on any atom is 0.239 e. The van der Waals surface area contributed by atoms with Crippen molar-refractivity contribution in [3.63, 3.8) is 0 Å². The van der Waals surface area contributed by atoms with Gasteiger partial charge in [-0.05, 0) is 38.5 Å². The topological polar surface area (TPSA) is 52.6 Å². The minimum absolute atomic E-state index is 0.00708. The molecule has 1 heterocycles. The summed E-state index contributed by atoms with van der Waals surface area (Å²) in [6.07, 6.45) is 4.02. The van der Waals surface area contributed by atoms with E-state index in [0.717, 1.165) is 19.4 Å². The predicted molar refractivity (Wildman–Crippen MR) is 71.2 cm³/mol. The zero-order valence-corrected chi connectivity index (χ0v) is 11.8. The van der Waals surface area contributed by atoms with E-state index in [4.69, 9.17) is 0 Å². The quantitative estimate of drug-likeness (QED) is 0.747. The van der Waals surface area contributed by atoms with Gasteiger partial charge in [-0.1, -0.05) is 13.8 Å². The molecule has 0 aromatic heterocycles. The van der Waals surface area contributed by atoms with Crippen LogP contribution in [-0.4, -0.2) is 46.7 Å². The number of β-amino-alcohol motifs (C(OH)–C–C–N with tert-alkyl or cyclic N) is 1. The van der Waals surface area contributed by atoms with Crippen LogP contribution in [0.25, 0.3) is 0 Å². The van der Waals surface area contributed by atoms with Crippen molar-refractivity contribution in [2.45, 2.75) is 64.1 Å². The lowest BCUT2D eigenvalue weighted by Crippen LogP contribution is -2.46. The van der Waals surface area contributed by atoms with Crippen molar-refractivity contribution >= 4 is 5.91 Å². The molecule has 2 aliphatic rings. The minimum atomic E-state index is -0.766. The monoisotopic (exact) mass is 254 g/mol. The Morgan fingerprint density at radius 1 is 1.44 bits per heavy atom. The highest BCUT2D eigenvalue weighted by atomic mass is 16.3. The average Bonchev–Trinajstić information content (AvgIpc) is 2.97. The minimum Gasteiger partial charge on any atom is -0.388 e. The summed E-state index contributed by atoms with van der Waals surface area (Å²) in [6.45, 7) is 7.27. The number of likely N-dealkylation sites (tertiary alicyclic amines) is 1. The first-order valence-corrected chi connectivity index (χ1v) is 7.14. The molecule has 2 atom stereocenters. The Morgan fingerprint density at radius 2 is 2.11 bits per heavy atom. The molecular weight excluding hydrogens is 228 g/mol. The number of hydrogen-bond donors (Lipinski definition) is 2. The van der Waals surface area contributed by atoms with Crippen LogP contribution in [0, 0.1) is 5.92 Å². The van der Waals surface area contributed by atoms with Crippen LogP contribution in [-0.2, 0) is 4.79 Å². The Kier molecular flexibility index (Phi) is 3.97. The molecule has 1 saturated carbocycles. The number of aliphatic hydroxyl groups is 1. The van der Waals surface area contributed by atoms with Crippen molar-refractivity contribution in [2.24, 2.45) is 5.92 Å². The molecule has 1 saturated heterocycles. The molecule has 2 rings (SSSR count). The third kappa shape index (κ3) is 3.69. The van der Waals surface area contributed by atoms with Crippen LogP contribution in [0.2, 0.25) is 0 Å². The molecule has 2 fully saturated rings. The summed E-state index contributed by atoms with van der Waals surface area (Å²) >= 11 is 0. The summed E-state index contributed by atoms with van der Waals surface area (Å²) in [5, 5.41) is 13.7. The van der Waals surface area contributed by atoms with Crippen molar-refractivity contribution in [2.75, 3.05) is 13.1 Å². The van der Waals surface area contributed by atoms with E-state index in [1.54, 1.807) is 0 Å². The van der Waals surface area contributed by atoms with E-state index in [1.807, 2.05) is 11.8 Å². The normalized spacial score (nSPS) is 27.9. The van der Waals surface area contributed by atoms with Crippen LogP contribution in [0.15, 0.2) is 0 Å². The first kappa shape index (κ1) is 13.8. The summed E-state index contributed by atoms with van der Waals surface area (Å²) in [5.41, 5.74) is -0.766. The van der Waals surface area contributed by atoms with E-state index in [-0.39, 0.29) is 11.9 Å². The van der Waals surface area contributed by atoms with Crippen LogP contribution in [0.3, 0.4) is 0 Å². The summed E-state index contributed by atoms with van der Waals surface area (Å²) in [7, 11) is 0. The molecule has 0 spiro atoms. The Labute approximate surface area is 110 Å². The zero-order valence-electron chi connectivity index (χ0n) is 11.8. The van der Waals surface area contributed by atoms with Gasteiger partial charge in [-0.3, -0.25) is 4.79 Å².